The third-order valence-corrected chi connectivity index (χ3v) is 3.15. The summed E-state index contributed by atoms with van der Waals surface area (Å²) < 4.78 is 26.4. The van der Waals surface area contributed by atoms with Crippen LogP contribution in [0.25, 0.3) is 6.08 Å². The van der Waals surface area contributed by atoms with E-state index in [2.05, 4.69) is 0 Å². The van der Waals surface area contributed by atoms with E-state index in [-0.39, 0.29) is 5.56 Å². The molecule has 0 aliphatic rings. The molecule has 0 spiro atoms. The molecule has 0 saturated carbocycles. The molecule has 22 heavy (non-hydrogen) atoms. The van der Waals surface area contributed by atoms with Gasteiger partial charge in [0.25, 0.3) is 0 Å². The van der Waals surface area contributed by atoms with Crippen molar-refractivity contribution in [3.05, 3.63) is 76.9 Å². The van der Waals surface area contributed by atoms with Crippen molar-refractivity contribution in [2.24, 2.45) is 0 Å². The third-order valence-electron chi connectivity index (χ3n) is 3.15. The highest BCUT2D eigenvalue weighted by Crippen LogP contribution is 2.15. The molecular weight excluding hydrogens is 284 g/mol. The second kappa shape index (κ2) is 7.09. The number of benzene rings is 2. The lowest BCUT2D eigenvalue weighted by Crippen LogP contribution is -2.11. The molecule has 0 unspecified atom stereocenters. The Morgan fingerprint density at radius 2 is 1.86 bits per heavy atom. The molecule has 0 aromatic heterocycles. The molecule has 0 atom stereocenters. The monoisotopic (exact) mass is 301 g/mol. The highest BCUT2D eigenvalue weighted by atomic mass is 19.1. The summed E-state index contributed by atoms with van der Waals surface area (Å²) in [6, 6.07) is 10.6. The van der Waals surface area contributed by atoms with E-state index in [4.69, 9.17) is 0 Å². The number of hydrogen-bond donors (Lipinski definition) is 0. The topological polar surface area (TPSA) is 20.3 Å². The summed E-state index contributed by atoms with van der Waals surface area (Å²) in [4.78, 5) is 14.0. The predicted octanol–water partition coefficient (Wildman–Crippen LogP) is 3.92. The maximum absolute atomic E-state index is 13.6. The van der Waals surface area contributed by atoms with E-state index in [0.29, 0.717) is 6.07 Å². The van der Waals surface area contributed by atoms with Crippen molar-refractivity contribution >= 4 is 11.9 Å². The summed E-state index contributed by atoms with van der Waals surface area (Å²) in [5.41, 5.74) is 1.82. The molecule has 4 heteroatoms. The number of rotatable bonds is 5. The van der Waals surface area contributed by atoms with E-state index >= 15 is 0 Å². The van der Waals surface area contributed by atoms with Crippen LogP contribution < -0.4 is 0 Å². The molecule has 2 aromatic rings. The van der Waals surface area contributed by atoms with Gasteiger partial charge < -0.3 is 4.90 Å². The molecule has 0 fully saturated rings. The predicted molar refractivity (Wildman–Crippen MR) is 83.6 cm³/mol. The fourth-order valence-electron chi connectivity index (χ4n) is 2.13. The number of allylic oxidation sites excluding steroid dienone is 1. The summed E-state index contributed by atoms with van der Waals surface area (Å²) in [6.07, 6.45) is 2.97. The minimum absolute atomic E-state index is 0.136. The zero-order valence-electron chi connectivity index (χ0n) is 12.5. The van der Waals surface area contributed by atoms with Crippen molar-refractivity contribution in [2.75, 3.05) is 14.1 Å². The van der Waals surface area contributed by atoms with Crippen LogP contribution in [0.3, 0.4) is 0 Å². The van der Waals surface area contributed by atoms with Crippen LogP contribution in [0.5, 0.6) is 0 Å². The van der Waals surface area contributed by atoms with Crippen molar-refractivity contribution in [2.45, 2.75) is 6.54 Å². The smallest absolute Gasteiger partial charge is 0.188 e. The second-order valence-electron chi connectivity index (χ2n) is 5.26. The Kier molecular flexibility index (Phi) is 5.17. The highest BCUT2D eigenvalue weighted by Gasteiger charge is 2.10. The maximum Gasteiger partial charge on any atom is 0.188 e. The molecule has 114 valence electrons. The number of carbonyl (C=O) groups excluding carboxylic acids is 1. The SMILES string of the molecule is CN(C)Cc1ccccc1C=CC(=O)c1ccc(F)cc1F. The Morgan fingerprint density at radius 1 is 1.14 bits per heavy atom. The molecule has 0 bridgehead atoms. The lowest BCUT2D eigenvalue weighted by Gasteiger charge is -2.11. The lowest BCUT2D eigenvalue weighted by atomic mass is 10.0. The van der Waals surface area contributed by atoms with Gasteiger partial charge in [0.05, 0.1) is 5.56 Å². The first-order chi connectivity index (χ1) is 10.5. The van der Waals surface area contributed by atoms with Gasteiger partial charge in [0.15, 0.2) is 5.78 Å². The van der Waals surface area contributed by atoms with Crippen LogP contribution in [0.4, 0.5) is 8.78 Å². The molecule has 0 N–H and O–H groups in total. The summed E-state index contributed by atoms with van der Waals surface area (Å²) in [5, 5.41) is 0. The Balaban J connectivity index is 2.23. The fraction of sp³-hybridized carbons (Fsp3) is 0.167. The van der Waals surface area contributed by atoms with Crippen molar-refractivity contribution in [3.63, 3.8) is 0 Å². The van der Waals surface area contributed by atoms with Crippen LogP contribution in [0.15, 0.2) is 48.5 Å². The molecule has 2 aromatic carbocycles. The van der Waals surface area contributed by atoms with Gasteiger partial charge in [-0.2, -0.15) is 0 Å². The van der Waals surface area contributed by atoms with Gasteiger partial charge in [-0.3, -0.25) is 4.79 Å². The molecule has 0 heterocycles. The van der Waals surface area contributed by atoms with Crippen molar-refractivity contribution < 1.29 is 13.6 Å². The average Bonchev–Trinajstić information content (AvgIpc) is 2.45. The number of halogens is 2. The molecule has 0 aliphatic heterocycles. The summed E-state index contributed by atoms with van der Waals surface area (Å²) in [6.45, 7) is 0.736. The van der Waals surface area contributed by atoms with Crippen LogP contribution in [0.1, 0.15) is 21.5 Å². The van der Waals surface area contributed by atoms with E-state index in [9.17, 15) is 13.6 Å². The normalized spacial score (nSPS) is 11.3. The molecule has 2 nitrogen and oxygen atoms in total. The van der Waals surface area contributed by atoms with Crippen LogP contribution >= 0.6 is 0 Å². The minimum Gasteiger partial charge on any atom is -0.305 e. The Bertz CT molecular complexity index is 708. The number of hydrogen-bond acceptors (Lipinski definition) is 2. The maximum atomic E-state index is 13.6. The lowest BCUT2D eigenvalue weighted by molar-refractivity contribution is 0.104. The van der Waals surface area contributed by atoms with E-state index in [1.165, 1.54) is 6.08 Å². The standard InChI is InChI=1S/C18H17F2NO/c1-21(2)12-14-6-4-3-5-13(14)7-10-18(22)16-9-8-15(19)11-17(16)20/h3-11H,12H2,1-2H3. The number of nitrogens with zero attached hydrogens (tertiary/aromatic N) is 1. The van der Waals surface area contributed by atoms with Gasteiger partial charge in [-0.25, -0.2) is 8.78 Å². The minimum atomic E-state index is -0.851. The first kappa shape index (κ1) is 16.0. The second-order valence-corrected chi connectivity index (χ2v) is 5.26. The highest BCUT2D eigenvalue weighted by molar-refractivity contribution is 6.07. The Morgan fingerprint density at radius 3 is 2.55 bits per heavy atom. The average molecular weight is 301 g/mol. The molecule has 0 radical (unpaired) electrons. The van der Waals surface area contributed by atoms with Crippen molar-refractivity contribution in [1.29, 1.82) is 0 Å². The van der Waals surface area contributed by atoms with Crippen LogP contribution in [0, 0.1) is 11.6 Å². The molecule has 0 amide bonds. The van der Waals surface area contributed by atoms with E-state index in [0.717, 1.165) is 29.8 Å². The zero-order chi connectivity index (χ0) is 16.1. The summed E-state index contributed by atoms with van der Waals surface area (Å²) >= 11 is 0. The Hall–Kier alpha value is -2.33. The van der Waals surface area contributed by atoms with Crippen LogP contribution in [-0.2, 0) is 6.54 Å². The molecular formula is C18H17F2NO. The van der Waals surface area contributed by atoms with Gasteiger partial charge in [0.2, 0.25) is 0 Å². The number of ketones is 1. The van der Waals surface area contributed by atoms with Crippen LogP contribution in [-0.4, -0.2) is 24.8 Å². The quantitative estimate of drug-likeness (QED) is 0.616. The van der Waals surface area contributed by atoms with Gasteiger partial charge in [-0.15, -0.1) is 0 Å². The van der Waals surface area contributed by atoms with Gasteiger partial charge in [0, 0.05) is 12.6 Å². The largest absolute Gasteiger partial charge is 0.305 e. The number of carbonyl (C=O) groups is 1. The summed E-state index contributed by atoms with van der Waals surface area (Å²) in [5.74, 6) is -2.04. The third kappa shape index (κ3) is 4.09. The molecule has 2 rings (SSSR count). The van der Waals surface area contributed by atoms with Gasteiger partial charge in [0.1, 0.15) is 11.6 Å². The first-order valence-corrected chi connectivity index (χ1v) is 6.87. The van der Waals surface area contributed by atoms with Gasteiger partial charge in [-0.1, -0.05) is 30.3 Å². The van der Waals surface area contributed by atoms with Crippen molar-refractivity contribution in [3.8, 4) is 0 Å². The van der Waals surface area contributed by atoms with Gasteiger partial charge in [-0.05, 0) is 43.4 Å². The molecule has 0 aliphatic carbocycles. The van der Waals surface area contributed by atoms with Crippen LogP contribution in [0.2, 0.25) is 0 Å². The Labute approximate surface area is 128 Å². The van der Waals surface area contributed by atoms with E-state index in [1.54, 1.807) is 6.08 Å². The fourth-order valence-corrected chi connectivity index (χ4v) is 2.13. The van der Waals surface area contributed by atoms with Gasteiger partial charge >= 0.3 is 0 Å². The summed E-state index contributed by atoms with van der Waals surface area (Å²) in [7, 11) is 3.92. The van der Waals surface area contributed by atoms with Crippen molar-refractivity contribution in [1.82, 2.24) is 4.90 Å². The zero-order valence-corrected chi connectivity index (χ0v) is 12.5. The van der Waals surface area contributed by atoms with E-state index < -0.39 is 17.4 Å². The first-order valence-electron chi connectivity index (χ1n) is 6.87. The van der Waals surface area contributed by atoms with E-state index in [1.807, 2.05) is 43.3 Å². The molecule has 0 saturated heterocycles.